The van der Waals surface area contributed by atoms with Gasteiger partial charge in [-0.2, -0.15) is 13.2 Å². The van der Waals surface area contributed by atoms with Crippen molar-refractivity contribution in [2.45, 2.75) is 50.8 Å². The molecule has 28 heavy (non-hydrogen) atoms. The summed E-state index contributed by atoms with van der Waals surface area (Å²) in [7, 11) is 0. The van der Waals surface area contributed by atoms with Gasteiger partial charge in [-0.1, -0.05) is 12.8 Å². The number of halogens is 3. The van der Waals surface area contributed by atoms with E-state index in [1.54, 1.807) is 4.98 Å². The molecule has 154 valence electrons. The monoisotopic (exact) mass is 420 g/mol. The van der Waals surface area contributed by atoms with Gasteiger partial charge in [-0.25, -0.2) is 4.79 Å². The molecule has 1 fully saturated rings. The summed E-state index contributed by atoms with van der Waals surface area (Å²) in [6.07, 6.45) is -0.335. The number of rotatable bonds is 7. The van der Waals surface area contributed by atoms with Crippen LogP contribution in [0.1, 0.15) is 38.0 Å². The summed E-state index contributed by atoms with van der Waals surface area (Å²) in [6, 6.07) is 0. The number of nitrogens with one attached hydrogen (secondary N) is 1. The molecule has 1 saturated heterocycles. The van der Waals surface area contributed by atoms with Gasteiger partial charge in [-0.05, 0) is 18.6 Å². The second-order valence-electron chi connectivity index (χ2n) is 6.06. The largest absolute Gasteiger partial charge is 0.484 e. The lowest BCUT2D eigenvalue weighted by Crippen LogP contribution is -2.36. The van der Waals surface area contributed by atoms with Gasteiger partial charge in [-0.15, -0.1) is 6.42 Å². The average molecular weight is 420 g/mol. The Morgan fingerprint density at radius 1 is 1.50 bits per heavy atom. The van der Waals surface area contributed by atoms with Gasteiger partial charge in [0, 0.05) is 19.0 Å². The van der Waals surface area contributed by atoms with Gasteiger partial charge in [-0.3, -0.25) is 14.3 Å². The van der Waals surface area contributed by atoms with E-state index in [-0.39, 0.29) is 19.6 Å². The molecule has 2 heterocycles. The van der Waals surface area contributed by atoms with E-state index in [0.29, 0.717) is 22.2 Å². The van der Waals surface area contributed by atoms with Gasteiger partial charge in [0.05, 0.1) is 6.10 Å². The van der Waals surface area contributed by atoms with Crippen molar-refractivity contribution in [3.8, 4) is 12.3 Å². The fourth-order valence-electron chi connectivity index (χ4n) is 2.70. The van der Waals surface area contributed by atoms with Crippen molar-refractivity contribution < 1.29 is 27.4 Å². The van der Waals surface area contributed by atoms with Crippen LogP contribution in [0.5, 0.6) is 0 Å². The van der Waals surface area contributed by atoms with E-state index in [4.69, 9.17) is 32.9 Å². The van der Waals surface area contributed by atoms with Crippen LogP contribution in [0.3, 0.4) is 0 Å². The quantitative estimate of drug-likeness (QED) is 0.537. The van der Waals surface area contributed by atoms with E-state index >= 15 is 0 Å². The fourth-order valence-corrected chi connectivity index (χ4v) is 2.98. The van der Waals surface area contributed by atoms with E-state index in [2.05, 4.69) is 5.92 Å². The summed E-state index contributed by atoms with van der Waals surface area (Å²) in [5, 5.41) is 0.366. The Labute approximate surface area is 163 Å². The van der Waals surface area contributed by atoms with Crippen molar-refractivity contribution in [3.05, 3.63) is 32.6 Å². The third-order valence-corrected chi connectivity index (χ3v) is 4.33. The van der Waals surface area contributed by atoms with Gasteiger partial charge >= 0.3 is 11.9 Å². The summed E-state index contributed by atoms with van der Waals surface area (Å²) in [5.74, 6) is 2.29. The van der Waals surface area contributed by atoms with Gasteiger partial charge < -0.3 is 14.2 Å². The van der Waals surface area contributed by atoms with Crippen LogP contribution in [0.25, 0.3) is 0 Å². The molecular formula is C17H19F3N2O5S. The molecule has 1 aromatic rings. The number of terminal acetylenes is 1. The molecule has 0 aliphatic carbocycles. The van der Waals surface area contributed by atoms with E-state index in [1.807, 2.05) is 6.92 Å². The lowest BCUT2D eigenvalue weighted by molar-refractivity contribution is -0.139. The normalized spacial score (nSPS) is 22.0. The minimum absolute atomic E-state index is 0.00516. The molecule has 0 amide bonds. The summed E-state index contributed by atoms with van der Waals surface area (Å²) in [5.41, 5.74) is -4.04. The first kappa shape index (κ1) is 22.1. The zero-order chi connectivity index (χ0) is 20.9. The first-order valence-corrected chi connectivity index (χ1v) is 8.87. The van der Waals surface area contributed by atoms with Crippen LogP contribution < -0.4 is 11.2 Å². The summed E-state index contributed by atoms with van der Waals surface area (Å²) < 4.78 is 56.2. The maximum absolute atomic E-state index is 13.0. The third-order valence-electron chi connectivity index (χ3n) is 4.01. The molecule has 7 nitrogen and oxygen atoms in total. The number of nitrogens with zero attached hydrogens (tertiary/aromatic N) is 1. The highest BCUT2D eigenvalue weighted by Gasteiger charge is 2.40. The first-order valence-electron chi connectivity index (χ1n) is 8.46. The standard InChI is InChI=1S/C17H19F3N2O5S/c1-3-5-14(28)26-9-12-11(25-6-4-2)7-13(27-12)22-8-10(17(18,19)20)15(23)21-16(22)24/h2,8,11-13H,3,5-7,9H2,1H3,(H,21,23,24)/t11-,12+,13+/m0/s1. The van der Waals surface area contributed by atoms with Crippen molar-refractivity contribution in [1.82, 2.24) is 9.55 Å². The molecule has 1 aliphatic heterocycles. The SMILES string of the molecule is C#CCO[C@H]1C[C@H](n2cc(C(F)(F)F)c(=O)[nH]c2=O)O[C@@H]1COC(=S)CCC. The number of hydrogen-bond donors (Lipinski definition) is 1. The lowest BCUT2D eigenvalue weighted by Gasteiger charge is -2.19. The van der Waals surface area contributed by atoms with Crippen molar-refractivity contribution in [1.29, 1.82) is 0 Å². The Morgan fingerprint density at radius 2 is 2.21 bits per heavy atom. The number of aromatic amines is 1. The van der Waals surface area contributed by atoms with Gasteiger partial charge in [0.15, 0.2) is 5.05 Å². The maximum Gasteiger partial charge on any atom is 0.423 e. The zero-order valence-corrected chi connectivity index (χ0v) is 15.8. The molecule has 0 unspecified atom stereocenters. The van der Waals surface area contributed by atoms with Crippen LogP contribution in [0, 0.1) is 12.3 Å². The summed E-state index contributed by atoms with van der Waals surface area (Å²) in [4.78, 5) is 25.1. The number of ether oxygens (including phenoxy) is 3. The number of thiocarbonyl (C=S) groups is 1. The van der Waals surface area contributed by atoms with Crippen LogP contribution in [0.4, 0.5) is 13.2 Å². The molecule has 3 atom stereocenters. The topological polar surface area (TPSA) is 82.6 Å². The number of aromatic nitrogens is 2. The van der Waals surface area contributed by atoms with Gasteiger partial charge in [0.1, 0.15) is 31.1 Å². The second kappa shape index (κ2) is 9.36. The summed E-state index contributed by atoms with van der Waals surface area (Å²) >= 11 is 5.06. The smallest absolute Gasteiger partial charge is 0.423 e. The maximum atomic E-state index is 13.0. The summed E-state index contributed by atoms with van der Waals surface area (Å²) in [6.45, 7) is 1.87. The van der Waals surface area contributed by atoms with Crippen LogP contribution in [-0.2, 0) is 20.4 Å². The molecule has 11 heteroatoms. The minimum Gasteiger partial charge on any atom is -0.484 e. The molecule has 1 aromatic heterocycles. The van der Waals surface area contributed by atoms with E-state index in [1.165, 1.54) is 0 Å². The third kappa shape index (κ3) is 5.43. The van der Waals surface area contributed by atoms with Crippen LogP contribution in [0.15, 0.2) is 15.8 Å². The predicted molar refractivity (Wildman–Crippen MR) is 96.9 cm³/mol. The van der Waals surface area contributed by atoms with Crippen LogP contribution >= 0.6 is 12.2 Å². The molecule has 0 bridgehead atoms. The second-order valence-corrected chi connectivity index (χ2v) is 6.51. The Balaban J connectivity index is 2.24. The minimum atomic E-state index is -4.92. The van der Waals surface area contributed by atoms with Crippen LogP contribution in [0.2, 0.25) is 0 Å². The van der Waals surface area contributed by atoms with Gasteiger partial charge in [0.25, 0.3) is 5.56 Å². The molecule has 0 saturated carbocycles. The lowest BCUT2D eigenvalue weighted by atomic mass is 10.2. The van der Waals surface area contributed by atoms with Crippen molar-refractivity contribution in [2.24, 2.45) is 0 Å². The highest BCUT2D eigenvalue weighted by Crippen LogP contribution is 2.32. The van der Waals surface area contributed by atoms with Crippen molar-refractivity contribution >= 4 is 17.3 Å². The Hall–Kier alpha value is -2.16. The fraction of sp³-hybridized carbons (Fsp3) is 0.588. The predicted octanol–water partition coefficient (Wildman–Crippen LogP) is 2.01. The van der Waals surface area contributed by atoms with Crippen LogP contribution in [-0.4, -0.2) is 40.0 Å². The van der Waals surface area contributed by atoms with Gasteiger partial charge in [0.2, 0.25) is 0 Å². The van der Waals surface area contributed by atoms with Crippen molar-refractivity contribution in [3.63, 3.8) is 0 Å². The molecule has 2 rings (SSSR count). The Kier molecular flexibility index (Phi) is 7.40. The van der Waals surface area contributed by atoms with E-state index < -0.39 is 41.4 Å². The van der Waals surface area contributed by atoms with Crippen molar-refractivity contribution in [2.75, 3.05) is 13.2 Å². The molecule has 0 aromatic carbocycles. The Morgan fingerprint density at radius 3 is 2.82 bits per heavy atom. The zero-order valence-electron chi connectivity index (χ0n) is 15.0. The average Bonchev–Trinajstić information content (AvgIpc) is 3.00. The van der Waals surface area contributed by atoms with E-state index in [0.717, 1.165) is 6.42 Å². The van der Waals surface area contributed by atoms with E-state index in [9.17, 15) is 22.8 Å². The highest BCUT2D eigenvalue weighted by atomic mass is 32.1. The number of alkyl halides is 3. The number of hydrogen-bond acceptors (Lipinski definition) is 6. The Bertz CT molecular complexity index is 858. The molecule has 0 spiro atoms. The highest BCUT2D eigenvalue weighted by molar-refractivity contribution is 7.80. The molecule has 1 N–H and O–H groups in total. The number of H-pyrrole nitrogens is 1. The molecular weight excluding hydrogens is 401 g/mol. The molecule has 1 aliphatic rings. The first-order chi connectivity index (χ1) is 13.2. The molecule has 0 radical (unpaired) electrons.